The summed E-state index contributed by atoms with van der Waals surface area (Å²) in [5.41, 5.74) is 1.80. The Balaban J connectivity index is 1.74. The van der Waals surface area contributed by atoms with Gasteiger partial charge in [0.25, 0.3) is 10.0 Å². The van der Waals surface area contributed by atoms with Crippen molar-refractivity contribution in [3.8, 4) is 0 Å². The number of hydrogen-bond acceptors (Lipinski definition) is 8. The number of ether oxygens (including phenoxy) is 1. The van der Waals surface area contributed by atoms with Crippen LogP contribution in [0.2, 0.25) is 0 Å². The Kier molecular flexibility index (Phi) is 6.32. The Labute approximate surface area is 171 Å². The molecule has 146 valence electrons. The van der Waals surface area contributed by atoms with Gasteiger partial charge in [-0.3, -0.25) is 4.72 Å². The van der Waals surface area contributed by atoms with Crippen LogP contribution in [0.4, 0.5) is 5.13 Å². The fourth-order valence-corrected chi connectivity index (χ4v) is 5.54. The second kappa shape index (κ2) is 8.72. The van der Waals surface area contributed by atoms with Crippen molar-refractivity contribution < 1.29 is 17.9 Å². The SMILES string of the molecule is COC(=O)c1ccc(C)c(S(=O)(=O)Nc2nnc(SCc3ccccc3)s2)c1. The van der Waals surface area contributed by atoms with Gasteiger partial charge >= 0.3 is 5.97 Å². The lowest BCUT2D eigenvalue weighted by molar-refractivity contribution is 0.0600. The molecular weight excluding hydrogens is 418 g/mol. The predicted molar refractivity (Wildman–Crippen MR) is 109 cm³/mol. The van der Waals surface area contributed by atoms with E-state index < -0.39 is 16.0 Å². The molecule has 1 N–H and O–H groups in total. The number of esters is 1. The largest absolute Gasteiger partial charge is 0.465 e. The minimum Gasteiger partial charge on any atom is -0.465 e. The summed E-state index contributed by atoms with van der Waals surface area (Å²) in [5.74, 6) is 0.106. The fraction of sp³-hybridized carbons (Fsp3) is 0.167. The molecule has 0 unspecified atom stereocenters. The molecule has 0 bridgehead atoms. The van der Waals surface area contributed by atoms with Crippen molar-refractivity contribution in [2.75, 3.05) is 11.8 Å². The van der Waals surface area contributed by atoms with Crippen LogP contribution in [-0.2, 0) is 20.5 Å². The van der Waals surface area contributed by atoms with E-state index >= 15 is 0 Å². The highest BCUT2D eigenvalue weighted by Crippen LogP contribution is 2.30. The maximum Gasteiger partial charge on any atom is 0.337 e. The first-order chi connectivity index (χ1) is 13.4. The number of carbonyl (C=O) groups is 1. The second-order valence-corrected chi connectivity index (χ2v) is 9.58. The molecule has 0 aliphatic carbocycles. The van der Waals surface area contributed by atoms with Gasteiger partial charge in [0.2, 0.25) is 5.13 Å². The number of aryl methyl sites for hydroxylation is 1. The van der Waals surface area contributed by atoms with Gasteiger partial charge in [-0.1, -0.05) is 59.5 Å². The van der Waals surface area contributed by atoms with E-state index in [1.165, 1.54) is 31.0 Å². The number of rotatable bonds is 7. The highest BCUT2D eigenvalue weighted by atomic mass is 32.2. The monoisotopic (exact) mass is 435 g/mol. The highest BCUT2D eigenvalue weighted by molar-refractivity contribution is 8.00. The van der Waals surface area contributed by atoms with Gasteiger partial charge in [0.1, 0.15) is 0 Å². The van der Waals surface area contributed by atoms with Gasteiger partial charge < -0.3 is 4.74 Å². The smallest absolute Gasteiger partial charge is 0.337 e. The molecule has 2 aromatic carbocycles. The summed E-state index contributed by atoms with van der Waals surface area (Å²) in [6, 6.07) is 14.2. The summed E-state index contributed by atoms with van der Waals surface area (Å²) in [6.07, 6.45) is 0. The van der Waals surface area contributed by atoms with E-state index in [1.807, 2.05) is 30.3 Å². The number of nitrogens with one attached hydrogen (secondary N) is 1. The third kappa shape index (κ3) is 4.89. The average molecular weight is 436 g/mol. The maximum atomic E-state index is 12.7. The molecule has 1 aromatic heterocycles. The Bertz CT molecular complexity index is 1080. The summed E-state index contributed by atoms with van der Waals surface area (Å²) >= 11 is 2.63. The van der Waals surface area contributed by atoms with Crippen LogP contribution in [0.3, 0.4) is 0 Å². The van der Waals surface area contributed by atoms with Crippen LogP contribution in [0, 0.1) is 6.92 Å². The molecule has 0 aliphatic heterocycles. The zero-order valence-corrected chi connectivity index (χ0v) is 17.5. The number of sulfonamides is 1. The minimum atomic E-state index is -3.92. The van der Waals surface area contributed by atoms with Crippen LogP contribution in [0.25, 0.3) is 0 Å². The van der Waals surface area contributed by atoms with Crippen LogP contribution in [0.1, 0.15) is 21.5 Å². The third-order valence-electron chi connectivity index (χ3n) is 3.73. The van der Waals surface area contributed by atoms with Crippen molar-refractivity contribution in [3.63, 3.8) is 0 Å². The standard InChI is InChI=1S/C18H17N3O4S3/c1-12-8-9-14(16(22)25-2)10-15(12)28(23,24)21-17-19-20-18(27-17)26-11-13-6-4-3-5-7-13/h3-10H,11H2,1-2H3,(H,19,21). The van der Waals surface area contributed by atoms with Crippen molar-refractivity contribution in [1.82, 2.24) is 10.2 Å². The molecule has 3 aromatic rings. The van der Waals surface area contributed by atoms with Crippen LogP contribution in [0.5, 0.6) is 0 Å². The molecule has 0 radical (unpaired) electrons. The summed E-state index contributed by atoms with van der Waals surface area (Å²) in [6.45, 7) is 1.65. The van der Waals surface area contributed by atoms with Crippen molar-refractivity contribution >= 4 is 44.2 Å². The topological polar surface area (TPSA) is 98.2 Å². The van der Waals surface area contributed by atoms with Gasteiger partial charge in [0.05, 0.1) is 17.6 Å². The normalized spacial score (nSPS) is 11.2. The Morgan fingerprint density at radius 3 is 2.64 bits per heavy atom. The lowest BCUT2D eigenvalue weighted by Crippen LogP contribution is -2.15. The molecule has 0 amide bonds. The van der Waals surface area contributed by atoms with E-state index in [0.29, 0.717) is 15.7 Å². The van der Waals surface area contributed by atoms with Crippen LogP contribution >= 0.6 is 23.1 Å². The molecule has 0 saturated carbocycles. The quantitative estimate of drug-likeness (QED) is 0.446. The first-order valence-electron chi connectivity index (χ1n) is 8.11. The Morgan fingerprint density at radius 2 is 1.93 bits per heavy atom. The Morgan fingerprint density at radius 1 is 1.18 bits per heavy atom. The molecular formula is C18H17N3O4S3. The average Bonchev–Trinajstić information content (AvgIpc) is 3.13. The number of hydrogen-bond donors (Lipinski definition) is 1. The van der Waals surface area contributed by atoms with E-state index in [4.69, 9.17) is 0 Å². The number of thioether (sulfide) groups is 1. The van der Waals surface area contributed by atoms with Crippen molar-refractivity contribution in [2.45, 2.75) is 21.9 Å². The summed E-state index contributed by atoms with van der Waals surface area (Å²) in [7, 11) is -2.68. The van der Waals surface area contributed by atoms with Gasteiger partial charge in [0.15, 0.2) is 4.34 Å². The number of benzene rings is 2. The molecule has 1 heterocycles. The Hall–Kier alpha value is -2.43. The molecule has 10 heteroatoms. The van der Waals surface area contributed by atoms with Gasteiger partial charge in [0, 0.05) is 5.75 Å². The minimum absolute atomic E-state index is 0.0101. The lowest BCUT2D eigenvalue weighted by atomic mass is 10.1. The van der Waals surface area contributed by atoms with Crippen LogP contribution in [0.15, 0.2) is 57.8 Å². The molecule has 28 heavy (non-hydrogen) atoms. The molecule has 0 saturated heterocycles. The van der Waals surface area contributed by atoms with Gasteiger partial charge in [-0.15, -0.1) is 10.2 Å². The molecule has 7 nitrogen and oxygen atoms in total. The number of nitrogens with zero attached hydrogens (tertiary/aromatic N) is 2. The summed E-state index contributed by atoms with van der Waals surface area (Å²) in [5, 5.41) is 8.09. The van der Waals surface area contributed by atoms with E-state index in [0.717, 1.165) is 16.9 Å². The van der Waals surface area contributed by atoms with Crippen molar-refractivity contribution in [2.24, 2.45) is 0 Å². The second-order valence-electron chi connectivity index (χ2n) is 5.72. The molecule has 0 aliphatic rings. The number of aromatic nitrogens is 2. The van der Waals surface area contributed by atoms with E-state index in [9.17, 15) is 13.2 Å². The van der Waals surface area contributed by atoms with E-state index in [2.05, 4.69) is 19.7 Å². The van der Waals surface area contributed by atoms with Crippen LogP contribution < -0.4 is 4.72 Å². The van der Waals surface area contributed by atoms with E-state index in [1.54, 1.807) is 13.0 Å². The first-order valence-corrected chi connectivity index (χ1v) is 11.4. The number of methoxy groups -OCH3 is 1. The van der Waals surface area contributed by atoms with E-state index in [-0.39, 0.29) is 15.6 Å². The predicted octanol–water partition coefficient (Wildman–Crippen LogP) is 3.73. The zero-order chi connectivity index (χ0) is 20.1. The molecule has 3 rings (SSSR count). The van der Waals surface area contributed by atoms with Crippen molar-refractivity contribution in [3.05, 3.63) is 65.2 Å². The maximum absolute atomic E-state index is 12.7. The fourth-order valence-electron chi connectivity index (χ4n) is 2.33. The molecule has 0 fully saturated rings. The van der Waals surface area contributed by atoms with Gasteiger partial charge in [-0.2, -0.15) is 0 Å². The molecule has 0 spiro atoms. The summed E-state index contributed by atoms with van der Waals surface area (Å²) < 4.78 is 33.2. The van der Waals surface area contributed by atoms with Gasteiger partial charge in [-0.25, -0.2) is 13.2 Å². The first kappa shape index (κ1) is 20.3. The van der Waals surface area contributed by atoms with Crippen LogP contribution in [-0.4, -0.2) is 31.7 Å². The lowest BCUT2D eigenvalue weighted by Gasteiger charge is -2.09. The third-order valence-corrected chi connectivity index (χ3v) is 7.39. The van der Waals surface area contributed by atoms with Gasteiger partial charge in [-0.05, 0) is 30.2 Å². The molecule has 0 atom stereocenters. The van der Waals surface area contributed by atoms with Crippen molar-refractivity contribution in [1.29, 1.82) is 0 Å². The highest BCUT2D eigenvalue weighted by Gasteiger charge is 2.21. The summed E-state index contributed by atoms with van der Waals surface area (Å²) in [4.78, 5) is 11.7. The number of carbonyl (C=O) groups excluding carboxylic acids is 1. The zero-order valence-electron chi connectivity index (χ0n) is 15.1. The number of anilines is 1.